The monoisotopic (exact) mass is 454 g/mol. The quantitative estimate of drug-likeness (QED) is 0.613. The van der Waals surface area contributed by atoms with E-state index in [0.717, 1.165) is 30.4 Å². The van der Waals surface area contributed by atoms with Crippen LogP contribution in [-0.2, 0) is 21.4 Å². The molecule has 1 aliphatic heterocycles. The smallest absolute Gasteiger partial charge is 0.248 e. The second-order valence-corrected chi connectivity index (χ2v) is 9.86. The van der Waals surface area contributed by atoms with Crippen LogP contribution in [0.4, 0.5) is 5.69 Å². The molecule has 1 fully saturated rings. The number of carbonyl (C=O) groups is 1. The molecule has 0 bridgehead atoms. The van der Waals surface area contributed by atoms with Crippen molar-refractivity contribution in [3.05, 3.63) is 53.6 Å². The Kier molecular flexibility index (Phi) is 6.33. The zero-order valence-corrected chi connectivity index (χ0v) is 19.0. The minimum atomic E-state index is -3.60. The summed E-state index contributed by atoms with van der Waals surface area (Å²) in [4.78, 5) is 14.0. The molecule has 2 aromatic carbocycles. The van der Waals surface area contributed by atoms with E-state index in [4.69, 9.17) is 0 Å². The van der Waals surface area contributed by atoms with Gasteiger partial charge in [0, 0.05) is 24.3 Å². The van der Waals surface area contributed by atoms with E-state index in [0.29, 0.717) is 30.2 Å². The number of rotatable bonds is 6. The van der Waals surface area contributed by atoms with Crippen LogP contribution in [0.1, 0.15) is 30.4 Å². The van der Waals surface area contributed by atoms with Crippen LogP contribution < -0.4 is 5.32 Å². The maximum Gasteiger partial charge on any atom is 0.248 e. The van der Waals surface area contributed by atoms with Crippen molar-refractivity contribution in [2.24, 2.45) is 0 Å². The van der Waals surface area contributed by atoms with Crippen molar-refractivity contribution in [1.29, 1.82) is 0 Å². The number of nitrogens with one attached hydrogen (secondary N) is 1. The van der Waals surface area contributed by atoms with Gasteiger partial charge in [-0.05, 0) is 55.2 Å². The van der Waals surface area contributed by atoms with Crippen LogP contribution in [0.3, 0.4) is 0 Å². The Bertz CT molecular complexity index is 1230. The third kappa shape index (κ3) is 4.71. The van der Waals surface area contributed by atoms with Gasteiger partial charge in [0.05, 0.1) is 4.90 Å². The molecule has 1 amide bonds. The number of piperidine rings is 1. The molecule has 3 aromatic rings. The lowest BCUT2D eigenvalue weighted by Crippen LogP contribution is -2.36. The number of benzene rings is 2. The number of sulfonamides is 1. The molecule has 1 N–H and O–H groups in total. The highest BCUT2D eigenvalue weighted by Gasteiger charge is 2.27. The number of carbonyl (C=O) groups excluding carboxylic acids is 1. The van der Waals surface area contributed by atoms with E-state index < -0.39 is 10.0 Å². The summed E-state index contributed by atoms with van der Waals surface area (Å²) in [5.74, 6) is 0.0741. The zero-order valence-electron chi connectivity index (χ0n) is 18.2. The molecule has 0 aliphatic carbocycles. The normalized spacial score (nSPS) is 14.9. The lowest BCUT2D eigenvalue weighted by atomic mass is 10.1. The summed E-state index contributed by atoms with van der Waals surface area (Å²) in [6.45, 7) is 4.63. The first kappa shape index (κ1) is 22.1. The lowest BCUT2D eigenvalue weighted by molar-refractivity contribution is -0.117. The van der Waals surface area contributed by atoms with E-state index in [9.17, 15) is 13.2 Å². The Morgan fingerprint density at radius 3 is 2.53 bits per heavy atom. The fraction of sp³-hybridized carbons (Fsp3) is 0.364. The highest BCUT2D eigenvalue weighted by molar-refractivity contribution is 7.89. The minimum Gasteiger partial charge on any atom is -0.324 e. The first-order valence-corrected chi connectivity index (χ1v) is 12.0. The first-order valence-electron chi connectivity index (χ1n) is 10.6. The zero-order chi connectivity index (χ0) is 22.7. The van der Waals surface area contributed by atoms with Crippen molar-refractivity contribution in [2.75, 3.05) is 18.4 Å². The Morgan fingerprint density at radius 2 is 1.78 bits per heavy atom. The van der Waals surface area contributed by atoms with Crippen LogP contribution in [0.25, 0.3) is 11.4 Å². The highest BCUT2D eigenvalue weighted by Crippen LogP contribution is 2.26. The van der Waals surface area contributed by atoms with Gasteiger partial charge in [-0.1, -0.05) is 36.8 Å². The molecule has 1 saturated heterocycles. The summed E-state index contributed by atoms with van der Waals surface area (Å²) < 4.78 is 27.7. The number of nitrogens with zero attached hydrogens (tertiary/aromatic N) is 5. The Balaban J connectivity index is 1.47. The van der Waals surface area contributed by atoms with Crippen molar-refractivity contribution in [2.45, 2.75) is 44.6 Å². The summed E-state index contributed by atoms with van der Waals surface area (Å²) in [6.07, 6.45) is 2.77. The fourth-order valence-corrected chi connectivity index (χ4v) is 5.54. The third-order valence-corrected chi connectivity index (χ3v) is 7.57. The number of tetrazole rings is 1. The van der Waals surface area contributed by atoms with E-state index in [-0.39, 0.29) is 17.3 Å². The van der Waals surface area contributed by atoms with Crippen molar-refractivity contribution in [1.82, 2.24) is 24.5 Å². The first-order chi connectivity index (χ1) is 15.3. The van der Waals surface area contributed by atoms with Gasteiger partial charge in [0.15, 0.2) is 0 Å². The fourth-order valence-electron chi connectivity index (χ4n) is 3.77. The van der Waals surface area contributed by atoms with E-state index in [1.165, 1.54) is 15.2 Å². The Hall–Kier alpha value is -3.11. The average molecular weight is 455 g/mol. The number of anilines is 1. The minimum absolute atomic E-state index is 0.138. The summed E-state index contributed by atoms with van der Waals surface area (Å²) >= 11 is 0. The topological polar surface area (TPSA) is 110 Å². The van der Waals surface area contributed by atoms with Crippen molar-refractivity contribution in [3.8, 4) is 11.4 Å². The van der Waals surface area contributed by atoms with E-state index in [2.05, 4.69) is 20.7 Å². The van der Waals surface area contributed by atoms with E-state index >= 15 is 0 Å². The maximum atomic E-state index is 13.1. The maximum absolute atomic E-state index is 13.1. The molecule has 0 spiro atoms. The molecular weight excluding hydrogens is 428 g/mol. The van der Waals surface area contributed by atoms with Gasteiger partial charge in [-0.25, -0.2) is 8.42 Å². The SMILES string of the molecule is Cc1ccccc1-c1nnn(CC(=O)Nc2ccc(C)c(S(=O)(=O)N3CCCCC3)c2)n1. The molecule has 0 atom stereocenters. The molecule has 1 aromatic heterocycles. The molecule has 4 rings (SSSR count). The van der Waals surface area contributed by atoms with Crippen LogP contribution in [0.15, 0.2) is 47.4 Å². The molecule has 9 nitrogen and oxygen atoms in total. The number of hydrogen-bond donors (Lipinski definition) is 1. The molecule has 0 saturated carbocycles. The van der Waals surface area contributed by atoms with Crippen molar-refractivity contribution < 1.29 is 13.2 Å². The van der Waals surface area contributed by atoms with Gasteiger partial charge < -0.3 is 5.32 Å². The standard InChI is InChI=1S/C22H26N6O3S/c1-16-8-4-5-9-19(16)22-24-26-28(25-22)15-21(29)23-18-11-10-17(2)20(14-18)32(30,31)27-12-6-3-7-13-27/h4-5,8-11,14H,3,6-7,12-13,15H2,1-2H3,(H,23,29). The van der Waals surface area contributed by atoms with Gasteiger partial charge in [0.1, 0.15) is 6.54 Å². The molecule has 0 radical (unpaired) electrons. The predicted molar refractivity (Wildman–Crippen MR) is 120 cm³/mol. The van der Waals surface area contributed by atoms with Crippen molar-refractivity contribution >= 4 is 21.6 Å². The van der Waals surface area contributed by atoms with Crippen LogP contribution in [-0.4, -0.2) is 51.9 Å². The summed E-state index contributed by atoms with van der Waals surface area (Å²) in [7, 11) is -3.60. The third-order valence-electron chi connectivity index (χ3n) is 5.53. The van der Waals surface area contributed by atoms with Gasteiger partial charge in [0.25, 0.3) is 0 Å². The summed E-state index contributed by atoms with van der Waals surface area (Å²) in [5, 5.41) is 15.0. The predicted octanol–water partition coefficient (Wildman–Crippen LogP) is 2.77. The number of amides is 1. The average Bonchev–Trinajstić information content (AvgIpc) is 3.24. The Labute approximate surface area is 187 Å². The van der Waals surface area contributed by atoms with Gasteiger partial charge >= 0.3 is 0 Å². The molecule has 0 unspecified atom stereocenters. The van der Waals surface area contributed by atoms with Gasteiger partial charge in [0.2, 0.25) is 21.8 Å². The van der Waals surface area contributed by atoms with Crippen LogP contribution >= 0.6 is 0 Å². The largest absolute Gasteiger partial charge is 0.324 e. The molecule has 32 heavy (non-hydrogen) atoms. The number of hydrogen-bond acceptors (Lipinski definition) is 6. The van der Waals surface area contributed by atoms with Gasteiger partial charge in [-0.15, -0.1) is 10.2 Å². The van der Waals surface area contributed by atoms with Gasteiger partial charge in [-0.2, -0.15) is 9.10 Å². The Morgan fingerprint density at radius 1 is 1.03 bits per heavy atom. The second-order valence-electron chi connectivity index (χ2n) is 7.95. The van der Waals surface area contributed by atoms with Crippen LogP contribution in [0, 0.1) is 13.8 Å². The summed E-state index contributed by atoms with van der Waals surface area (Å²) in [6, 6.07) is 12.6. The lowest BCUT2D eigenvalue weighted by Gasteiger charge is -2.26. The van der Waals surface area contributed by atoms with E-state index in [1.807, 2.05) is 31.2 Å². The number of aromatic nitrogens is 4. The molecule has 1 aliphatic rings. The molecular formula is C22H26N6O3S. The molecule has 168 valence electrons. The summed E-state index contributed by atoms with van der Waals surface area (Å²) in [5.41, 5.74) is 2.92. The number of aryl methyl sites for hydroxylation is 2. The molecule has 2 heterocycles. The van der Waals surface area contributed by atoms with Crippen molar-refractivity contribution in [3.63, 3.8) is 0 Å². The second kappa shape index (κ2) is 9.17. The van der Waals surface area contributed by atoms with Crippen LogP contribution in [0.2, 0.25) is 0 Å². The molecule has 10 heteroatoms. The highest BCUT2D eigenvalue weighted by atomic mass is 32.2. The van der Waals surface area contributed by atoms with Crippen LogP contribution in [0.5, 0.6) is 0 Å². The van der Waals surface area contributed by atoms with E-state index in [1.54, 1.807) is 19.1 Å². The van der Waals surface area contributed by atoms with Gasteiger partial charge in [-0.3, -0.25) is 4.79 Å².